The second kappa shape index (κ2) is 4.02. The van der Waals surface area contributed by atoms with Crippen molar-refractivity contribution in [2.45, 2.75) is 6.61 Å². The van der Waals surface area contributed by atoms with Gasteiger partial charge in [-0.25, -0.2) is 0 Å². The zero-order valence-electron chi connectivity index (χ0n) is 7.80. The van der Waals surface area contributed by atoms with Gasteiger partial charge in [0.15, 0.2) is 5.76 Å². The van der Waals surface area contributed by atoms with Gasteiger partial charge in [0.1, 0.15) is 0 Å². The van der Waals surface area contributed by atoms with Crippen molar-refractivity contribution >= 4 is 0 Å². The predicted octanol–water partition coefficient (Wildman–Crippen LogP) is 1.88. The van der Waals surface area contributed by atoms with E-state index >= 15 is 0 Å². The molecule has 0 aliphatic rings. The van der Waals surface area contributed by atoms with E-state index in [0.29, 0.717) is 6.61 Å². The maximum Gasteiger partial charge on any atom is 0.168 e. The minimum Gasteiger partial charge on any atom is -0.378 e. The molecule has 0 aromatic carbocycles. The molecule has 0 saturated heterocycles. The fourth-order valence-corrected chi connectivity index (χ4v) is 1.17. The number of pyridine rings is 1. The van der Waals surface area contributed by atoms with Gasteiger partial charge in [-0.1, -0.05) is 5.16 Å². The van der Waals surface area contributed by atoms with Crippen molar-refractivity contribution in [3.63, 3.8) is 0 Å². The molecule has 0 aliphatic heterocycles. The molecule has 14 heavy (non-hydrogen) atoms. The summed E-state index contributed by atoms with van der Waals surface area (Å²) in [6.45, 7) is 0.524. The molecule has 0 atom stereocenters. The van der Waals surface area contributed by atoms with Crippen LogP contribution in [0.5, 0.6) is 0 Å². The van der Waals surface area contributed by atoms with Crippen LogP contribution in [0.15, 0.2) is 35.1 Å². The maximum atomic E-state index is 5.00. The first-order valence-corrected chi connectivity index (χ1v) is 4.25. The first-order chi connectivity index (χ1) is 6.90. The molecule has 0 aliphatic carbocycles. The smallest absolute Gasteiger partial charge is 0.168 e. The zero-order chi connectivity index (χ0) is 9.80. The Labute approximate surface area is 81.5 Å². The third kappa shape index (κ3) is 1.80. The van der Waals surface area contributed by atoms with Crippen LogP contribution < -0.4 is 0 Å². The van der Waals surface area contributed by atoms with Crippen LogP contribution in [0.4, 0.5) is 0 Å². The van der Waals surface area contributed by atoms with Crippen molar-refractivity contribution in [2.75, 3.05) is 7.11 Å². The van der Waals surface area contributed by atoms with E-state index in [9.17, 15) is 0 Å². The Balaban J connectivity index is 2.22. The lowest BCUT2D eigenvalue weighted by Gasteiger charge is -1.99. The molecule has 0 fully saturated rings. The summed E-state index contributed by atoms with van der Waals surface area (Å²) in [7, 11) is 1.64. The Morgan fingerprint density at radius 3 is 2.86 bits per heavy atom. The Morgan fingerprint density at radius 2 is 2.29 bits per heavy atom. The highest BCUT2D eigenvalue weighted by Gasteiger charge is 2.01. The molecule has 2 aromatic rings. The molecular weight excluding hydrogens is 180 g/mol. The topological polar surface area (TPSA) is 48.2 Å². The number of aromatic nitrogens is 2. The highest BCUT2D eigenvalue weighted by atomic mass is 16.5. The molecule has 0 N–H and O–H groups in total. The van der Waals surface area contributed by atoms with Crippen LogP contribution in [0.3, 0.4) is 0 Å². The number of hydrogen-bond acceptors (Lipinski definition) is 4. The van der Waals surface area contributed by atoms with Crippen molar-refractivity contribution in [2.24, 2.45) is 0 Å². The molecule has 2 heterocycles. The lowest BCUT2D eigenvalue weighted by molar-refractivity contribution is 0.181. The number of methoxy groups -OCH3 is 1. The van der Waals surface area contributed by atoms with Gasteiger partial charge in [0.05, 0.1) is 18.5 Å². The van der Waals surface area contributed by atoms with Crippen molar-refractivity contribution in [3.05, 3.63) is 36.3 Å². The number of nitrogens with zero attached hydrogens (tertiary/aromatic N) is 2. The second-order valence-corrected chi connectivity index (χ2v) is 2.85. The van der Waals surface area contributed by atoms with Crippen LogP contribution in [0.1, 0.15) is 5.69 Å². The Bertz CT molecular complexity index is 381. The van der Waals surface area contributed by atoms with Crippen LogP contribution in [-0.2, 0) is 11.3 Å². The standard InChI is InChI=1S/C10H10N2O2/c1-13-7-9-3-2-8(6-11-9)10-4-5-12-14-10/h2-6H,7H2,1H3. The zero-order valence-corrected chi connectivity index (χ0v) is 7.80. The largest absolute Gasteiger partial charge is 0.378 e. The number of rotatable bonds is 3. The summed E-state index contributed by atoms with van der Waals surface area (Å²) in [6.07, 6.45) is 3.35. The van der Waals surface area contributed by atoms with Gasteiger partial charge in [-0.2, -0.15) is 0 Å². The van der Waals surface area contributed by atoms with Gasteiger partial charge in [-0.15, -0.1) is 0 Å². The number of hydrogen-bond donors (Lipinski definition) is 0. The molecule has 72 valence electrons. The van der Waals surface area contributed by atoms with Crippen molar-refractivity contribution in [3.8, 4) is 11.3 Å². The summed E-state index contributed by atoms with van der Waals surface area (Å²) in [5, 5.41) is 3.63. The lowest BCUT2D eigenvalue weighted by atomic mass is 10.2. The molecule has 0 amide bonds. The van der Waals surface area contributed by atoms with E-state index in [2.05, 4.69) is 10.1 Å². The fourth-order valence-electron chi connectivity index (χ4n) is 1.17. The van der Waals surface area contributed by atoms with Gasteiger partial charge < -0.3 is 9.26 Å². The van der Waals surface area contributed by atoms with Crippen molar-refractivity contribution in [1.82, 2.24) is 10.1 Å². The molecule has 2 rings (SSSR count). The first-order valence-electron chi connectivity index (χ1n) is 4.25. The summed E-state index contributed by atoms with van der Waals surface area (Å²) in [5.74, 6) is 0.724. The molecule has 0 saturated carbocycles. The highest BCUT2D eigenvalue weighted by Crippen LogP contribution is 2.17. The van der Waals surface area contributed by atoms with Crippen LogP contribution in [0, 0.1) is 0 Å². The Hall–Kier alpha value is -1.68. The number of ether oxygens (including phenoxy) is 1. The van der Waals surface area contributed by atoms with Crippen LogP contribution >= 0.6 is 0 Å². The van der Waals surface area contributed by atoms with Crippen LogP contribution in [0.25, 0.3) is 11.3 Å². The molecule has 0 bridgehead atoms. The molecule has 0 radical (unpaired) electrons. The Morgan fingerprint density at radius 1 is 1.36 bits per heavy atom. The van der Waals surface area contributed by atoms with E-state index in [1.54, 1.807) is 25.6 Å². The molecule has 0 spiro atoms. The highest BCUT2D eigenvalue weighted by molar-refractivity contribution is 5.54. The second-order valence-electron chi connectivity index (χ2n) is 2.85. The average molecular weight is 190 g/mol. The summed E-state index contributed by atoms with van der Waals surface area (Å²) in [6, 6.07) is 5.64. The van der Waals surface area contributed by atoms with E-state index in [0.717, 1.165) is 17.0 Å². The van der Waals surface area contributed by atoms with Crippen LogP contribution in [0.2, 0.25) is 0 Å². The fraction of sp³-hybridized carbons (Fsp3) is 0.200. The summed E-state index contributed by atoms with van der Waals surface area (Å²) in [5.41, 5.74) is 1.82. The van der Waals surface area contributed by atoms with Crippen molar-refractivity contribution < 1.29 is 9.26 Å². The third-order valence-electron chi connectivity index (χ3n) is 1.84. The van der Waals surface area contributed by atoms with E-state index in [1.807, 2.05) is 12.1 Å². The maximum absolute atomic E-state index is 5.00. The molecule has 4 heteroatoms. The molecule has 2 aromatic heterocycles. The monoisotopic (exact) mass is 190 g/mol. The van der Waals surface area contributed by atoms with Gasteiger partial charge in [-0.3, -0.25) is 4.98 Å². The van der Waals surface area contributed by atoms with E-state index < -0.39 is 0 Å². The average Bonchev–Trinajstić information content (AvgIpc) is 2.72. The van der Waals surface area contributed by atoms with Gasteiger partial charge in [0.25, 0.3) is 0 Å². The van der Waals surface area contributed by atoms with Gasteiger partial charge >= 0.3 is 0 Å². The molecular formula is C10H10N2O2. The van der Waals surface area contributed by atoms with Gasteiger partial charge in [-0.05, 0) is 12.1 Å². The van der Waals surface area contributed by atoms with Crippen LogP contribution in [-0.4, -0.2) is 17.3 Å². The predicted molar refractivity (Wildman–Crippen MR) is 50.4 cm³/mol. The van der Waals surface area contributed by atoms with Crippen molar-refractivity contribution in [1.29, 1.82) is 0 Å². The van der Waals surface area contributed by atoms with E-state index in [1.165, 1.54) is 0 Å². The Kier molecular flexibility index (Phi) is 2.55. The van der Waals surface area contributed by atoms with E-state index in [4.69, 9.17) is 9.26 Å². The lowest BCUT2D eigenvalue weighted by Crippen LogP contribution is -1.91. The van der Waals surface area contributed by atoms with Gasteiger partial charge in [0, 0.05) is 24.9 Å². The van der Waals surface area contributed by atoms with E-state index in [-0.39, 0.29) is 0 Å². The minimum absolute atomic E-state index is 0.524. The summed E-state index contributed by atoms with van der Waals surface area (Å²) < 4.78 is 9.96. The SMILES string of the molecule is COCc1ccc(-c2ccno2)cn1. The third-order valence-corrected chi connectivity index (χ3v) is 1.84. The first kappa shape index (κ1) is 8.90. The quantitative estimate of drug-likeness (QED) is 0.741. The normalized spacial score (nSPS) is 10.4. The summed E-state index contributed by atoms with van der Waals surface area (Å²) >= 11 is 0. The summed E-state index contributed by atoms with van der Waals surface area (Å²) in [4.78, 5) is 4.21. The minimum atomic E-state index is 0.524. The molecule has 4 nitrogen and oxygen atoms in total. The van der Waals surface area contributed by atoms with Gasteiger partial charge in [0.2, 0.25) is 0 Å². The molecule has 0 unspecified atom stereocenters.